The molecule has 0 spiro atoms. The summed E-state index contributed by atoms with van der Waals surface area (Å²) in [6, 6.07) is 4.58. The van der Waals surface area contributed by atoms with Crippen LogP contribution in [0.25, 0.3) is 10.9 Å². The number of phenolic OH excluding ortho intramolecular Hbond substituents is 1. The normalized spacial score (nSPS) is 24.4. The molecule has 135 heavy (non-hydrogen) atoms. The highest BCUT2D eigenvalue weighted by Crippen LogP contribution is 2.29. The molecule has 3 fully saturated rings. The van der Waals surface area contributed by atoms with E-state index in [-0.39, 0.29) is 30.6 Å². The van der Waals surface area contributed by atoms with Crippen LogP contribution in [0.15, 0.2) is 128 Å². The van der Waals surface area contributed by atoms with Gasteiger partial charge in [-0.25, -0.2) is 13.2 Å². The van der Waals surface area contributed by atoms with E-state index in [0.29, 0.717) is 57.9 Å². The zero-order chi connectivity index (χ0) is 98.9. The Morgan fingerprint density at radius 1 is 0.496 bits per heavy atom. The molecule has 726 valence electrons. The van der Waals surface area contributed by atoms with Crippen molar-refractivity contribution in [1.82, 2.24) is 77.3 Å². The summed E-state index contributed by atoms with van der Waals surface area (Å²) in [5.74, 6) is -30.5. The summed E-state index contributed by atoms with van der Waals surface area (Å²) in [7, 11) is 3.44. The maximum Gasteiger partial charge on any atom is 0.305 e. The smallest absolute Gasteiger partial charge is 0.305 e. The Kier molecular flexibility index (Phi) is 37.7. The number of carbonyl (C=O) groups excluding carboxylic acids is 15. The number of aliphatic hydroxyl groups is 2. The molecule has 0 unspecified atom stereocenters. The maximum absolute atomic E-state index is 15.7. The number of benzene rings is 5. The summed E-state index contributed by atoms with van der Waals surface area (Å²) >= 11 is 0.547. The summed E-state index contributed by atoms with van der Waals surface area (Å²) in [5, 5.41) is 86.4. The van der Waals surface area contributed by atoms with Gasteiger partial charge in [-0.2, -0.15) is 0 Å². The fourth-order valence-electron chi connectivity index (χ4n) is 16.2. The lowest BCUT2D eigenvalue weighted by molar-refractivity contribution is -0.152. The number of carbonyl (C=O) groups is 18. The highest BCUT2D eigenvalue weighted by atomic mass is 32.2. The number of carboxylic acids is 3. The molecule has 6 aromatic rings. The number of thioether (sulfide) groups is 1. The third-order valence-corrected chi connectivity index (χ3v) is 24.4. The van der Waals surface area contributed by atoms with E-state index in [1.807, 2.05) is 0 Å². The van der Waals surface area contributed by atoms with Crippen molar-refractivity contribution in [3.05, 3.63) is 173 Å². The number of amides is 15. The highest BCUT2D eigenvalue weighted by molar-refractivity contribution is 8.00. The average Bonchev–Trinajstić information content (AvgIpc) is 1.69. The zero-order valence-corrected chi connectivity index (χ0v) is 75.5. The number of carboxylic acid groups (broad SMARTS) is 3. The zero-order valence-electron chi connectivity index (χ0n) is 74.7. The Hall–Kier alpha value is -14.0. The number of nitrogens with two attached hydrogens (primary N) is 1. The molecule has 3 aliphatic rings. The van der Waals surface area contributed by atoms with E-state index in [4.69, 9.17) is 5.73 Å². The molecule has 15 atom stereocenters. The van der Waals surface area contributed by atoms with Gasteiger partial charge in [-0.15, -0.1) is 11.8 Å². The van der Waals surface area contributed by atoms with Crippen molar-refractivity contribution in [3.8, 4) is 5.75 Å². The molecule has 44 heteroatoms. The first kappa shape index (κ1) is 105. The van der Waals surface area contributed by atoms with Crippen LogP contribution in [-0.4, -0.2) is 310 Å². The van der Waals surface area contributed by atoms with Gasteiger partial charge in [0.05, 0.1) is 37.3 Å². The second-order valence-electron chi connectivity index (χ2n) is 33.8. The van der Waals surface area contributed by atoms with Crippen molar-refractivity contribution in [2.75, 3.05) is 52.3 Å². The van der Waals surface area contributed by atoms with Crippen LogP contribution in [0.2, 0.25) is 0 Å². The summed E-state index contributed by atoms with van der Waals surface area (Å²) in [5.41, 5.74) is 6.80. The number of aromatic nitrogens is 1. The summed E-state index contributed by atoms with van der Waals surface area (Å²) in [6.45, 7) is 2.46. The minimum absolute atomic E-state index is 0.174. The summed E-state index contributed by atoms with van der Waals surface area (Å²) in [4.78, 5) is 269. The molecule has 18 N–H and O–H groups in total. The first-order valence-corrected chi connectivity index (χ1v) is 44.7. The average molecular weight is 1900 g/mol. The Morgan fingerprint density at radius 2 is 0.985 bits per heavy atom. The highest BCUT2D eigenvalue weighted by Gasteiger charge is 2.49. The molecule has 1 aromatic heterocycles. The number of halogens is 3. The van der Waals surface area contributed by atoms with Gasteiger partial charge in [0.25, 0.3) is 0 Å². The minimum Gasteiger partial charge on any atom is -0.508 e. The van der Waals surface area contributed by atoms with E-state index in [1.54, 1.807) is 91.9 Å². The Bertz CT molecular complexity index is 5330. The van der Waals surface area contributed by atoms with Gasteiger partial charge < -0.3 is 114 Å². The number of rotatable bonds is 24. The van der Waals surface area contributed by atoms with Crippen LogP contribution in [0.3, 0.4) is 0 Å². The molecule has 0 radical (unpaired) electrons. The number of nitrogens with one attached hydrogen (secondary N) is 10. The van der Waals surface area contributed by atoms with E-state index < -0.39 is 322 Å². The maximum atomic E-state index is 15.7. The Balaban J connectivity index is 1.15. The van der Waals surface area contributed by atoms with Crippen molar-refractivity contribution in [2.45, 2.75) is 201 Å². The van der Waals surface area contributed by atoms with Crippen LogP contribution < -0.4 is 53.6 Å². The number of hydrogen-bond acceptors (Lipinski definition) is 22. The largest absolute Gasteiger partial charge is 0.508 e. The number of aliphatic carboxylic acids is 3. The molecule has 0 saturated carbocycles. The first-order valence-electron chi connectivity index (χ1n) is 43.5. The number of aromatic hydroxyl groups is 1. The van der Waals surface area contributed by atoms with Crippen molar-refractivity contribution in [3.63, 3.8) is 0 Å². The van der Waals surface area contributed by atoms with E-state index in [9.17, 15) is 78.2 Å². The number of primary amides is 1. The van der Waals surface area contributed by atoms with Crippen LogP contribution >= 0.6 is 11.8 Å². The summed E-state index contributed by atoms with van der Waals surface area (Å²) < 4.78 is 45.1. The van der Waals surface area contributed by atoms with Crippen LogP contribution in [0.1, 0.15) is 106 Å². The fraction of sp³-hybridized carbons (Fsp3) is 0.451. The predicted molar refractivity (Wildman–Crippen MR) is 477 cm³/mol. The van der Waals surface area contributed by atoms with Crippen LogP contribution in [0.4, 0.5) is 13.2 Å². The molecule has 0 bridgehead atoms. The fourth-order valence-corrected chi connectivity index (χ4v) is 17.0. The van der Waals surface area contributed by atoms with Gasteiger partial charge in [0.2, 0.25) is 88.6 Å². The molecular weight excluding hydrogens is 1790 g/mol. The number of phenols is 1. The number of hydrogen-bond donors (Lipinski definition) is 17. The molecule has 15 amide bonds. The van der Waals surface area contributed by atoms with Gasteiger partial charge in [0.15, 0.2) is 17.5 Å². The number of unbranched alkanes of at least 4 members (excludes halogenated alkanes) is 1. The van der Waals surface area contributed by atoms with E-state index in [0.717, 1.165) is 38.6 Å². The third-order valence-electron chi connectivity index (χ3n) is 23.4. The SMILES string of the molecule is CCCC[C@H]1C(=O)N2C[C@H](O)C[C@@H]2C(=O)N[C@@H](CC(=O)O)C(=O)N[C@@H](C(C)C)C(=O)N(C)[C@H](Cc2ccccc2)C(=O)N[C@@H](CC(=O)O)C(=O)N2C[C@H](O)C[C@@H]2C(=O)N[C@@H](Cc2c[nH]c3ccccc23)C(=O)N[C@@H](Cc2ccc(O)cc2)C(=O)N[C@H](CCC(=O)O)C(=O)N[C@H](C(=O)NCC(N)=O)CSCC(=O)N[C@H](Cc2cc(F)c(F)c(F)c2)C(=O)N(C)[C@@H](Cc2ccccc2)C(=O)N1C. The van der Waals surface area contributed by atoms with Gasteiger partial charge in [0, 0.05) is 108 Å². The Labute approximate surface area is 776 Å². The van der Waals surface area contributed by atoms with E-state index >= 15 is 51.9 Å². The standard InChI is InChI=1S/C91H111F3N16O24S/c1-7-8-23-67-90(133)110-44-55(113)38-70(110)86(129)102-63(39-75(118)119)83(126)105-78(47(2)3)91(134)107(5)68(34-48-17-11-9-12-18-48)84(127)103-65(40-76(120)121)88(131)109-43-54(112)37-69(109)85(128)101-62(36-52-41-96-59-22-16-15-21-56(52)59)82(125)100-61(32-50-24-26-53(111)27-25-50)81(124)99-60(28-29-74(116)117)80(123)104-66(79(122)97-42-72(95)114)45-135-46-73(115)98-64(33-51-30-57(92)77(94)58(93)31-51)87(130)108(6)71(89(132)106(67)4)35-49-19-13-10-14-20-49/h9-22,24-27,30-31,41,47,54-55,60-71,78,96,111-113H,7-8,23,28-29,32-40,42-46H2,1-6H3,(H2,95,114)(H,97,122)(H,98,115)(H,99,124)(H,100,125)(H,101,128)(H,102,129)(H,103,127)(H,104,123)(H,105,126)(H,116,117)(H,118,119)(H,120,121)/t54-,55-,60-,61+,62+,63+,64-,65+,66+,67+,68-,69-,70-,71+,78+/m1/s1. The van der Waals surface area contributed by atoms with E-state index in [1.165, 1.54) is 51.4 Å². The third kappa shape index (κ3) is 29.0. The van der Waals surface area contributed by atoms with Crippen molar-refractivity contribution in [1.29, 1.82) is 0 Å². The number of aliphatic hydroxyl groups excluding tert-OH is 2. The molecule has 0 aliphatic carbocycles. The number of para-hydroxylation sites is 1. The van der Waals surface area contributed by atoms with Crippen molar-refractivity contribution >= 4 is 129 Å². The Morgan fingerprint density at radius 3 is 1.56 bits per heavy atom. The van der Waals surface area contributed by atoms with Crippen LogP contribution in [-0.2, 0) is 118 Å². The van der Waals surface area contributed by atoms with Crippen LogP contribution in [0, 0.1) is 23.4 Å². The number of nitrogens with zero attached hydrogens (tertiary/aromatic N) is 5. The van der Waals surface area contributed by atoms with Crippen molar-refractivity contribution in [2.24, 2.45) is 11.7 Å². The van der Waals surface area contributed by atoms with Gasteiger partial charge in [-0.1, -0.05) is 125 Å². The minimum atomic E-state index is -2.14. The molecule has 3 aliphatic heterocycles. The van der Waals surface area contributed by atoms with Crippen molar-refractivity contribution < 1.29 is 130 Å². The van der Waals surface area contributed by atoms with Gasteiger partial charge in [-0.3, -0.25) is 86.3 Å². The summed E-state index contributed by atoms with van der Waals surface area (Å²) in [6.07, 6.45) is -8.99. The predicted octanol–water partition coefficient (Wildman–Crippen LogP) is -0.904. The lowest BCUT2D eigenvalue weighted by Gasteiger charge is -2.38. The van der Waals surface area contributed by atoms with Crippen LogP contribution in [0.5, 0.6) is 5.75 Å². The topological polar surface area (TPSA) is 595 Å². The lowest BCUT2D eigenvalue weighted by atomic mass is 9.98. The molecule has 4 heterocycles. The molecule has 9 rings (SSSR count). The van der Waals surface area contributed by atoms with E-state index in [2.05, 4.69) is 52.8 Å². The monoisotopic (exact) mass is 1900 g/mol. The molecule has 40 nitrogen and oxygen atoms in total. The number of fused-ring (bicyclic) bond motifs is 3. The molecular formula is C91H111F3N16O24S. The van der Waals surface area contributed by atoms with Gasteiger partial charge in [-0.05, 0) is 76.9 Å². The molecule has 3 saturated heterocycles. The molecule has 5 aromatic carbocycles. The lowest BCUT2D eigenvalue weighted by Crippen LogP contribution is -2.62. The number of likely N-dealkylation sites (N-methyl/N-ethyl adjacent to an activating group) is 3. The second kappa shape index (κ2) is 48.6. The van der Waals surface area contributed by atoms with Gasteiger partial charge >= 0.3 is 17.9 Å². The quantitative estimate of drug-likeness (QED) is 0.0326. The number of aromatic amines is 1. The first-order chi connectivity index (χ1) is 64.0. The number of H-pyrrole nitrogens is 1. The second-order valence-corrected chi connectivity index (χ2v) is 34.8. The van der Waals surface area contributed by atoms with Gasteiger partial charge in [0.1, 0.15) is 84.3 Å².